The van der Waals surface area contributed by atoms with Crippen LogP contribution in [0.25, 0.3) is 22.0 Å². The molecule has 2 aromatic carbocycles. The highest BCUT2D eigenvalue weighted by Crippen LogP contribution is 2.37. The minimum absolute atomic E-state index is 0.151. The molecule has 1 aliphatic heterocycles. The smallest absolute Gasteiger partial charge is 0.268 e. The van der Waals surface area contributed by atoms with E-state index in [9.17, 15) is 13.6 Å². The van der Waals surface area contributed by atoms with Gasteiger partial charge in [-0.05, 0) is 42.3 Å². The first-order chi connectivity index (χ1) is 11.5. The van der Waals surface area contributed by atoms with Crippen molar-refractivity contribution in [2.75, 3.05) is 6.54 Å². The lowest BCUT2D eigenvalue weighted by atomic mass is 10.0. The van der Waals surface area contributed by atoms with E-state index in [1.165, 1.54) is 12.1 Å². The lowest BCUT2D eigenvalue weighted by Gasteiger charge is -2.18. The van der Waals surface area contributed by atoms with Gasteiger partial charge in [0.2, 0.25) is 0 Å². The van der Waals surface area contributed by atoms with E-state index < -0.39 is 11.6 Å². The predicted molar refractivity (Wildman–Crippen MR) is 89.4 cm³/mol. The molecule has 1 amide bonds. The summed E-state index contributed by atoms with van der Waals surface area (Å²) < 4.78 is 29.3. The average Bonchev–Trinajstić information content (AvgIpc) is 2.80. The van der Waals surface area contributed by atoms with Crippen molar-refractivity contribution in [1.29, 1.82) is 0 Å². The van der Waals surface area contributed by atoms with Crippen molar-refractivity contribution >= 4 is 28.4 Å². The molecule has 2 heterocycles. The van der Waals surface area contributed by atoms with E-state index in [4.69, 9.17) is 11.6 Å². The summed E-state index contributed by atoms with van der Waals surface area (Å²) in [5.41, 5.74) is 3.15. The number of rotatable bonds is 1. The molecule has 0 fully saturated rings. The molecule has 24 heavy (non-hydrogen) atoms. The number of nitrogens with one attached hydrogen (secondary N) is 1. The first kappa shape index (κ1) is 15.1. The Labute approximate surface area is 141 Å². The van der Waals surface area contributed by atoms with Gasteiger partial charge in [-0.3, -0.25) is 4.79 Å². The Hall–Kier alpha value is -2.40. The van der Waals surface area contributed by atoms with E-state index in [2.05, 4.69) is 5.32 Å². The Morgan fingerprint density at radius 1 is 1.12 bits per heavy atom. The highest BCUT2D eigenvalue weighted by molar-refractivity contribution is 6.32. The fraction of sp³-hybridized carbons (Fsp3) is 0.167. The highest BCUT2D eigenvalue weighted by atomic mass is 35.5. The molecule has 1 N–H and O–H groups in total. The minimum Gasteiger partial charge on any atom is -0.349 e. The fourth-order valence-electron chi connectivity index (χ4n) is 3.43. The van der Waals surface area contributed by atoms with Crippen molar-refractivity contribution in [2.24, 2.45) is 0 Å². The maximum Gasteiger partial charge on any atom is 0.268 e. The summed E-state index contributed by atoms with van der Waals surface area (Å²) in [4.78, 5) is 12.2. The number of hydrogen-bond donors (Lipinski definition) is 1. The number of aryl methyl sites for hydroxylation is 1. The second-order valence-electron chi connectivity index (χ2n) is 5.89. The number of carbonyl (C=O) groups excluding carboxylic acids is 1. The number of nitrogens with zero attached hydrogens (tertiary/aromatic N) is 1. The van der Waals surface area contributed by atoms with Gasteiger partial charge in [-0.15, -0.1) is 0 Å². The second-order valence-corrected chi connectivity index (χ2v) is 6.33. The molecule has 1 aromatic heterocycles. The van der Waals surface area contributed by atoms with Crippen molar-refractivity contribution in [3.63, 3.8) is 0 Å². The first-order valence-electron chi connectivity index (χ1n) is 7.52. The van der Waals surface area contributed by atoms with Crippen molar-refractivity contribution < 1.29 is 13.6 Å². The normalized spacial score (nSPS) is 13.9. The molecule has 0 unspecified atom stereocenters. The Bertz CT molecular complexity index is 990. The highest BCUT2D eigenvalue weighted by Gasteiger charge is 2.25. The van der Waals surface area contributed by atoms with Crippen LogP contribution in [0.3, 0.4) is 0 Å². The number of halogens is 3. The van der Waals surface area contributed by atoms with Crippen molar-refractivity contribution in [3.05, 3.63) is 58.2 Å². The van der Waals surface area contributed by atoms with E-state index in [0.717, 1.165) is 22.5 Å². The molecular weight excluding hydrogens is 334 g/mol. The largest absolute Gasteiger partial charge is 0.349 e. The van der Waals surface area contributed by atoms with Gasteiger partial charge in [0.25, 0.3) is 5.91 Å². The fourth-order valence-corrected chi connectivity index (χ4v) is 3.65. The number of amides is 1. The zero-order chi connectivity index (χ0) is 17.0. The van der Waals surface area contributed by atoms with Crippen molar-refractivity contribution in [3.8, 4) is 11.1 Å². The zero-order valence-electron chi connectivity index (χ0n) is 12.8. The summed E-state index contributed by atoms with van der Waals surface area (Å²) in [6.07, 6.45) is 0. The number of benzene rings is 2. The van der Waals surface area contributed by atoms with Crippen LogP contribution in [0.4, 0.5) is 8.78 Å². The molecule has 0 atom stereocenters. The van der Waals surface area contributed by atoms with Gasteiger partial charge in [-0.2, -0.15) is 0 Å². The maximum atomic E-state index is 13.7. The van der Waals surface area contributed by atoms with Crippen LogP contribution in [0.5, 0.6) is 0 Å². The van der Waals surface area contributed by atoms with Gasteiger partial charge in [-0.25, -0.2) is 8.78 Å². The third-order valence-corrected chi connectivity index (χ3v) is 4.60. The van der Waals surface area contributed by atoms with Gasteiger partial charge < -0.3 is 9.88 Å². The zero-order valence-corrected chi connectivity index (χ0v) is 13.5. The Morgan fingerprint density at radius 3 is 2.54 bits per heavy atom. The second kappa shape index (κ2) is 5.31. The van der Waals surface area contributed by atoms with E-state index in [-0.39, 0.29) is 5.91 Å². The summed E-state index contributed by atoms with van der Waals surface area (Å²) in [6.45, 7) is 2.96. The molecule has 122 valence electrons. The molecule has 0 aliphatic carbocycles. The maximum absolute atomic E-state index is 13.7. The lowest BCUT2D eigenvalue weighted by molar-refractivity contribution is 0.0928. The predicted octanol–water partition coefficient (Wildman–Crippen LogP) is 4.29. The summed E-state index contributed by atoms with van der Waals surface area (Å²) in [7, 11) is 0. The van der Waals surface area contributed by atoms with Crippen LogP contribution >= 0.6 is 11.6 Å². The number of aromatic nitrogens is 1. The molecule has 3 nitrogen and oxygen atoms in total. The van der Waals surface area contributed by atoms with Crippen LogP contribution in [0.1, 0.15) is 16.1 Å². The Kier molecular flexibility index (Phi) is 3.35. The summed E-state index contributed by atoms with van der Waals surface area (Å²) in [6, 6.07) is 6.83. The van der Waals surface area contributed by atoms with Crippen LogP contribution in [-0.2, 0) is 6.54 Å². The third-order valence-electron chi connectivity index (χ3n) is 4.38. The van der Waals surface area contributed by atoms with Crippen LogP contribution in [0.2, 0.25) is 5.02 Å². The molecule has 0 spiro atoms. The third kappa shape index (κ3) is 2.19. The van der Waals surface area contributed by atoms with Crippen LogP contribution in [0, 0.1) is 18.6 Å². The Balaban J connectivity index is 2.13. The molecule has 1 aliphatic rings. The quantitative estimate of drug-likeness (QED) is 0.700. The topological polar surface area (TPSA) is 34.0 Å². The van der Waals surface area contributed by atoms with E-state index in [1.807, 2.05) is 11.5 Å². The number of hydrogen-bond acceptors (Lipinski definition) is 1. The van der Waals surface area contributed by atoms with Gasteiger partial charge >= 0.3 is 0 Å². The van der Waals surface area contributed by atoms with Crippen LogP contribution in [-0.4, -0.2) is 17.0 Å². The van der Waals surface area contributed by atoms with Gasteiger partial charge in [-0.1, -0.05) is 11.6 Å². The van der Waals surface area contributed by atoms with Crippen LogP contribution < -0.4 is 5.32 Å². The first-order valence-corrected chi connectivity index (χ1v) is 7.90. The monoisotopic (exact) mass is 346 g/mol. The molecule has 3 aromatic rings. The van der Waals surface area contributed by atoms with E-state index in [1.54, 1.807) is 12.1 Å². The molecular formula is C18H13ClF2N2O. The van der Waals surface area contributed by atoms with Gasteiger partial charge in [0.1, 0.15) is 17.3 Å². The summed E-state index contributed by atoms with van der Waals surface area (Å²) in [5, 5.41) is 4.09. The molecule has 0 saturated carbocycles. The number of carbonyl (C=O) groups is 1. The van der Waals surface area contributed by atoms with Gasteiger partial charge in [0, 0.05) is 35.1 Å². The van der Waals surface area contributed by atoms with Crippen molar-refractivity contribution in [2.45, 2.75) is 13.5 Å². The minimum atomic E-state index is -0.655. The lowest BCUT2D eigenvalue weighted by Crippen LogP contribution is -2.35. The van der Waals surface area contributed by atoms with Crippen molar-refractivity contribution in [1.82, 2.24) is 9.88 Å². The van der Waals surface area contributed by atoms with Gasteiger partial charge in [0.05, 0.1) is 5.52 Å². The molecule has 6 heteroatoms. The average molecular weight is 347 g/mol. The van der Waals surface area contributed by atoms with Gasteiger partial charge in [0.15, 0.2) is 0 Å². The number of fused-ring (bicyclic) bond motifs is 3. The van der Waals surface area contributed by atoms with E-state index in [0.29, 0.717) is 34.9 Å². The molecule has 0 saturated heterocycles. The molecule has 0 bridgehead atoms. The Morgan fingerprint density at radius 2 is 1.83 bits per heavy atom. The molecule has 0 radical (unpaired) electrons. The van der Waals surface area contributed by atoms with E-state index >= 15 is 0 Å². The van der Waals surface area contributed by atoms with Crippen LogP contribution in [0.15, 0.2) is 30.3 Å². The summed E-state index contributed by atoms with van der Waals surface area (Å²) >= 11 is 6.23. The summed E-state index contributed by atoms with van der Waals surface area (Å²) in [5.74, 6) is -1.46. The molecule has 4 rings (SSSR count). The standard InChI is InChI=1S/C18H13ClF2N2O/c1-9-14-6-11(19)7-15(10-4-12(20)8-13(21)5-10)17(14)23-3-2-22-18(24)16(9)23/h4-8H,2-3H2,1H3,(H,22,24). The SMILES string of the molecule is Cc1c2n(c3c(-c4cc(F)cc(F)c4)cc(Cl)cc13)CCNC2=O.